The molecule has 0 aromatic heterocycles. The number of aliphatic hydroxyl groups excluding tert-OH is 1. The van der Waals surface area contributed by atoms with Crippen LogP contribution in [0.3, 0.4) is 0 Å². The van der Waals surface area contributed by atoms with Crippen LogP contribution in [0.1, 0.15) is 40.0 Å². The first-order valence-electron chi connectivity index (χ1n) is 6.55. The van der Waals surface area contributed by atoms with Gasteiger partial charge in [-0.05, 0) is 12.8 Å². The minimum atomic E-state index is -0.386. The van der Waals surface area contributed by atoms with Crippen LogP contribution >= 0.6 is 0 Å². The summed E-state index contributed by atoms with van der Waals surface area (Å²) in [7, 11) is 0. The van der Waals surface area contributed by atoms with Crippen LogP contribution in [0.5, 0.6) is 0 Å². The van der Waals surface area contributed by atoms with Crippen molar-refractivity contribution in [1.29, 1.82) is 0 Å². The molecule has 1 aliphatic heterocycles. The molecule has 0 aromatic carbocycles. The second kappa shape index (κ2) is 6.18. The molecule has 1 rings (SSSR count). The van der Waals surface area contributed by atoms with Crippen molar-refractivity contribution in [3.05, 3.63) is 0 Å². The molecule has 0 aliphatic carbocycles. The van der Waals surface area contributed by atoms with Gasteiger partial charge in [-0.25, -0.2) is 0 Å². The minimum absolute atomic E-state index is 0.00606. The van der Waals surface area contributed by atoms with Crippen molar-refractivity contribution in [3.8, 4) is 0 Å². The lowest BCUT2D eigenvalue weighted by Gasteiger charge is -2.18. The highest BCUT2D eigenvalue weighted by Gasteiger charge is 2.24. The van der Waals surface area contributed by atoms with E-state index >= 15 is 0 Å². The number of aliphatic hydroxyl groups is 1. The van der Waals surface area contributed by atoms with E-state index in [0.29, 0.717) is 38.9 Å². The van der Waals surface area contributed by atoms with Gasteiger partial charge in [-0.1, -0.05) is 20.8 Å². The quantitative estimate of drug-likeness (QED) is 0.721. The third-order valence-corrected chi connectivity index (χ3v) is 3.05. The molecule has 1 saturated heterocycles. The second-order valence-electron chi connectivity index (χ2n) is 5.89. The molecular weight excluding hydrogens is 232 g/mol. The van der Waals surface area contributed by atoms with Gasteiger partial charge in [0.15, 0.2) is 0 Å². The Labute approximate surface area is 109 Å². The van der Waals surface area contributed by atoms with E-state index in [2.05, 4.69) is 5.32 Å². The highest BCUT2D eigenvalue weighted by atomic mass is 16.3. The first kappa shape index (κ1) is 15.0. The van der Waals surface area contributed by atoms with Crippen molar-refractivity contribution < 1.29 is 14.7 Å². The smallest absolute Gasteiger partial charge is 0.225 e. The maximum Gasteiger partial charge on any atom is 0.225 e. The number of rotatable bonds is 4. The van der Waals surface area contributed by atoms with Gasteiger partial charge >= 0.3 is 0 Å². The van der Waals surface area contributed by atoms with Gasteiger partial charge in [0.25, 0.3) is 0 Å². The Balaban J connectivity index is 2.15. The Morgan fingerprint density at radius 1 is 1.39 bits per heavy atom. The lowest BCUT2D eigenvalue weighted by atomic mass is 9.96. The van der Waals surface area contributed by atoms with Gasteiger partial charge in [-0.3, -0.25) is 9.59 Å². The summed E-state index contributed by atoms with van der Waals surface area (Å²) in [5, 5.41) is 12.1. The van der Waals surface area contributed by atoms with E-state index in [9.17, 15) is 14.7 Å². The van der Waals surface area contributed by atoms with E-state index < -0.39 is 0 Å². The number of carbonyl (C=O) groups excluding carboxylic acids is 2. The van der Waals surface area contributed by atoms with E-state index in [4.69, 9.17) is 0 Å². The molecule has 2 amide bonds. The molecule has 1 fully saturated rings. The number of nitrogens with zero attached hydrogens (tertiary/aromatic N) is 1. The molecule has 1 atom stereocenters. The van der Waals surface area contributed by atoms with Crippen LogP contribution in [0.15, 0.2) is 0 Å². The molecule has 0 spiro atoms. The van der Waals surface area contributed by atoms with Gasteiger partial charge in [0.2, 0.25) is 11.8 Å². The normalized spacial score (nSPS) is 20.0. The highest BCUT2D eigenvalue weighted by Crippen LogP contribution is 2.13. The van der Waals surface area contributed by atoms with Crippen LogP contribution in [0.4, 0.5) is 0 Å². The van der Waals surface area contributed by atoms with Crippen molar-refractivity contribution >= 4 is 11.8 Å². The summed E-state index contributed by atoms with van der Waals surface area (Å²) in [6.45, 7) is 7.21. The number of amides is 2. The largest absolute Gasteiger partial charge is 0.391 e. The van der Waals surface area contributed by atoms with Crippen molar-refractivity contribution in [2.45, 2.75) is 46.1 Å². The van der Waals surface area contributed by atoms with Gasteiger partial charge in [-0.15, -0.1) is 0 Å². The molecule has 104 valence electrons. The minimum Gasteiger partial charge on any atom is -0.391 e. The maximum absolute atomic E-state index is 11.7. The molecule has 2 N–H and O–H groups in total. The molecule has 0 radical (unpaired) electrons. The third kappa shape index (κ3) is 4.64. The average molecular weight is 256 g/mol. The summed E-state index contributed by atoms with van der Waals surface area (Å²) in [6, 6.07) is 0. The first-order chi connectivity index (χ1) is 8.30. The zero-order valence-electron chi connectivity index (χ0n) is 11.5. The third-order valence-electron chi connectivity index (χ3n) is 3.05. The summed E-state index contributed by atoms with van der Waals surface area (Å²) in [4.78, 5) is 25.0. The lowest BCUT2D eigenvalue weighted by Crippen LogP contribution is -2.36. The van der Waals surface area contributed by atoms with Crippen LogP contribution in [0, 0.1) is 5.41 Å². The number of β-amino-alcohol motifs (C(OH)–C–C–N with tert-alkyl or cyclic N) is 1. The molecule has 5 nitrogen and oxygen atoms in total. The van der Waals surface area contributed by atoms with Gasteiger partial charge in [0.1, 0.15) is 0 Å². The zero-order chi connectivity index (χ0) is 13.8. The molecule has 0 saturated carbocycles. The van der Waals surface area contributed by atoms with Crippen LogP contribution in [0.2, 0.25) is 0 Å². The van der Waals surface area contributed by atoms with Gasteiger partial charge in [0, 0.05) is 31.5 Å². The SMILES string of the molecule is CC(C)(C)C(=O)NCCCC(=O)N1CCC(O)C1. The molecule has 1 unspecified atom stereocenters. The van der Waals surface area contributed by atoms with E-state index in [1.54, 1.807) is 4.90 Å². The van der Waals surface area contributed by atoms with E-state index in [-0.39, 0.29) is 23.3 Å². The summed E-state index contributed by atoms with van der Waals surface area (Å²) < 4.78 is 0. The maximum atomic E-state index is 11.7. The predicted octanol–water partition coefficient (Wildman–Crippen LogP) is 0.522. The Hall–Kier alpha value is -1.10. The average Bonchev–Trinajstić information content (AvgIpc) is 2.69. The van der Waals surface area contributed by atoms with Crippen molar-refractivity contribution in [3.63, 3.8) is 0 Å². The van der Waals surface area contributed by atoms with Gasteiger partial charge < -0.3 is 15.3 Å². The number of hydrogen-bond acceptors (Lipinski definition) is 3. The highest BCUT2D eigenvalue weighted by molar-refractivity contribution is 5.81. The summed E-state index contributed by atoms with van der Waals surface area (Å²) in [5.41, 5.74) is -0.386. The number of hydrogen-bond donors (Lipinski definition) is 2. The molecular formula is C13H24N2O3. The van der Waals surface area contributed by atoms with Crippen molar-refractivity contribution in [1.82, 2.24) is 10.2 Å². The number of likely N-dealkylation sites (tertiary alicyclic amines) is 1. The molecule has 5 heteroatoms. The fourth-order valence-corrected chi connectivity index (χ4v) is 1.83. The van der Waals surface area contributed by atoms with Crippen LogP contribution in [-0.2, 0) is 9.59 Å². The Bertz CT molecular complexity index is 310. The summed E-state index contributed by atoms with van der Waals surface area (Å²) in [5.74, 6) is 0.0723. The fourth-order valence-electron chi connectivity index (χ4n) is 1.83. The Morgan fingerprint density at radius 3 is 2.56 bits per heavy atom. The van der Waals surface area contributed by atoms with E-state index in [0.717, 1.165) is 0 Å². The fraction of sp³-hybridized carbons (Fsp3) is 0.846. The lowest BCUT2D eigenvalue weighted by molar-refractivity contribution is -0.131. The van der Waals surface area contributed by atoms with Crippen LogP contribution < -0.4 is 5.32 Å². The van der Waals surface area contributed by atoms with E-state index in [1.807, 2.05) is 20.8 Å². The first-order valence-corrected chi connectivity index (χ1v) is 6.55. The van der Waals surface area contributed by atoms with Crippen LogP contribution in [-0.4, -0.2) is 47.6 Å². The van der Waals surface area contributed by atoms with Crippen molar-refractivity contribution in [2.75, 3.05) is 19.6 Å². The molecule has 0 aromatic rings. The Morgan fingerprint density at radius 2 is 2.06 bits per heavy atom. The number of carbonyl (C=O) groups is 2. The molecule has 1 heterocycles. The zero-order valence-corrected chi connectivity index (χ0v) is 11.5. The molecule has 1 aliphatic rings. The van der Waals surface area contributed by atoms with Gasteiger partial charge in [-0.2, -0.15) is 0 Å². The monoisotopic (exact) mass is 256 g/mol. The topological polar surface area (TPSA) is 69.6 Å². The Kier molecular flexibility index (Phi) is 5.14. The van der Waals surface area contributed by atoms with Crippen molar-refractivity contribution in [2.24, 2.45) is 5.41 Å². The number of nitrogens with one attached hydrogen (secondary N) is 1. The van der Waals surface area contributed by atoms with Crippen LogP contribution in [0.25, 0.3) is 0 Å². The molecule has 0 bridgehead atoms. The summed E-state index contributed by atoms with van der Waals surface area (Å²) in [6.07, 6.45) is 1.38. The predicted molar refractivity (Wildman–Crippen MR) is 68.9 cm³/mol. The molecule has 18 heavy (non-hydrogen) atoms. The summed E-state index contributed by atoms with van der Waals surface area (Å²) >= 11 is 0. The standard InChI is InChI=1S/C13H24N2O3/c1-13(2,3)12(18)14-7-4-5-11(17)15-8-6-10(16)9-15/h10,16H,4-9H2,1-3H3,(H,14,18). The second-order valence-corrected chi connectivity index (χ2v) is 5.89. The van der Waals surface area contributed by atoms with E-state index in [1.165, 1.54) is 0 Å². The van der Waals surface area contributed by atoms with Gasteiger partial charge in [0.05, 0.1) is 6.10 Å².